The van der Waals surface area contributed by atoms with Gasteiger partial charge in [0.25, 0.3) is 5.69 Å². The largest absolute Gasteiger partial charge is 0.402 e. The fourth-order valence-electron chi connectivity index (χ4n) is 2.35. The van der Waals surface area contributed by atoms with Gasteiger partial charge >= 0.3 is 5.97 Å². The van der Waals surface area contributed by atoms with Gasteiger partial charge < -0.3 is 4.74 Å². The third-order valence-electron chi connectivity index (χ3n) is 3.65. The highest BCUT2D eigenvalue weighted by Crippen LogP contribution is 2.25. The van der Waals surface area contributed by atoms with Crippen molar-refractivity contribution in [2.24, 2.45) is 4.99 Å². The Morgan fingerprint density at radius 3 is 2.65 bits per heavy atom. The van der Waals surface area contributed by atoms with Crippen LogP contribution in [0.5, 0.6) is 0 Å². The van der Waals surface area contributed by atoms with Gasteiger partial charge in [0.15, 0.2) is 5.70 Å². The van der Waals surface area contributed by atoms with E-state index in [1.807, 2.05) is 36.4 Å². The molecule has 0 radical (unpaired) electrons. The van der Waals surface area contributed by atoms with Crippen LogP contribution in [0, 0.1) is 17.0 Å². The van der Waals surface area contributed by atoms with Gasteiger partial charge in [-0.25, -0.2) is 9.79 Å². The van der Waals surface area contributed by atoms with Crippen molar-refractivity contribution in [3.63, 3.8) is 0 Å². The maximum atomic E-state index is 12.0. The van der Waals surface area contributed by atoms with Gasteiger partial charge in [-0.05, 0) is 30.7 Å². The molecule has 2 aromatic carbocycles. The third-order valence-corrected chi connectivity index (χ3v) is 4.11. The second-order valence-electron chi connectivity index (χ2n) is 5.53. The number of aliphatic imine (C=N–C) groups is 1. The summed E-state index contributed by atoms with van der Waals surface area (Å²) < 4.78 is 5.81. The molecule has 0 saturated carbocycles. The number of allylic oxidation sites excluding steroid dienone is 2. The SMILES string of the molecule is Cc1ccc(C2=N/C(=C\C(Br)=C\c3ccccc3)C(=O)O2)cc1[N+](=O)[O-]. The number of rotatable bonds is 4. The smallest absolute Gasteiger partial charge is 0.363 e. The number of carbonyl (C=O) groups is 1. The number of aryl methyl sites for hydroxylation is 1. The number of nitrogens with zero attached hydrogens (tertiary/aromatic N) is 2. The van der Waals surface area contributed by atoms with E-state index in [4.69, 9.17) is 4.74 Å². The highest BCUT2D eigenvalue weighted by molar-refractivity contribution is 9.12. The number of cyclic esters (lactones) is 1. The van der Waals surface area contributed by atoms with E-state index < -0.39 is 10.9 Å². The van der Waals surface area contributed by atoms with Gasteiger partial charge in [0.1, 0.15) is 0 Å². The van der Waals surface area contributed by atoms with Crippen LogP contribution in [0.25, 0.3) is 6.08 Å². The lowest BCUT2D eigenvalue weighted by Gasteiger charge is -2.01. The van der Waals surface area contributed by atoms with Gasteiger partial charge in [-0.1, -0.05) is 52.3 Å². The molecule has 0 unspecified atom stereocenters. The number of benzene rings is 2. The fourth-order valence-corrected chi connectivity index (χ4v) is 2.83. The van der Waals surface area contributed by atoms with Crippen LogP contribution < -0.4 is 0 Å². The Morgan fingerprint density at radius 2 is 1.96 bits per heavy atom. The Labute approximate surface area is 157 Å². The molecule has 2 aromatic rings. The summed E-state index contributed by atoms with van der Waals surface area (Å²) in [5.74, 6) is -0.564. The van der Waals surface area contributed by atoms with Gasteiger partial charge in [0, 0.05) is 21.7 Å². The Bertz CT molecular complexity index is 978. The van der Waals surface area contributed by atoms with Crippen molar-refractivity contribution in [3.05, 3.63) is 91.6 Å². The molecule has 0 N–H and O–H groups in total. The van der Waals surface area contributed by atoms with Crippen molar-refractivity contribution in [1.29, 1.82) is 0 Å². The lowest BCUT2D eigenvalue weighted by molar-refractivity contribution is -0.385. The number of nitro benzene ring substituents is 1. The van der Waals surface area contributed by atoms with Gasteiger partial charge in [0.05, 0.1) is 4.92 Å². The lowest BCUT2D eigenvalue weighted by atomic mass is 10.1. The van der Waals surface area contributed by atoms with Crippen LogP contribution in [0.1, 0.15) is 16.7 Å². The van der Waals surface area contributed by atoms with Crippen molar-refractivity contribution in [1.82, 2.24) is 0 Å². The fraction of sp³-hybridized carbons (Fsp3) is 0.0526. The van der Waals surface area contributed by atoms with E-state index in [1.165, 1.54) is 6.07 Å². The van der Waals surface area contributed by atoms with Crippen molar-refractivity contribution in [3.8, 4) is 0 Å². The highest BCUT2D eigenvalue weighted by Gasteiger charge is 2.25. The molecule has 0 atom stereocenters. The summed E-state index contributed by atoms with van der Waals surface area (Å²) in [5, 5.41) is 11.1. The topological polar surface area (TPSA) is 81.8 Å². The minimum Gasteiger partial charge on any atom is -0.402 e. The Balaban J connectivity index is 1.91. The molecule has 0 bridgehead atoms. The number of halogens is 1. The zero-order valence-electron chi connectivity index (χ0n) is 13.7. The summed E-state index contributed by atoms with van der Waals surface area (Å²) in [4.78, 5) is 26.8. The zero-order chi connectivity index (χ0) is 18.7. The Hall–Kier alpha value is -3.06. The molecule has 1 aliphatic heterocycles. The lowest BCUT2D eigenvalue weighted by Crippen LogP contribution is -2.06. The average Bonchev–Trinajstić information content (AvgIpc) is 2.96. The first-order valence-electron chi connectivity index (χ1n) is 7.64. The first kappa shape index (κ1) is 17.8. The molecule has 0 spiro atoms. The zero-order valence-corrected chi connectivity index (χ0v) is 15.3. The third kappa shape index (κ3) is 3.94. The molecule has 26 heavy (non-hydrogen) atoms. The maximum absolute atomic E-state index is 12.0. The molecule has 7 heteroatoms. The molecule has 1 heterocycles. The maximum Gasteiger partial charge on any atom is 0.363 e. The molecular formula is C19H13BrN2O4. The standard InChI is InChI=1S/C19H13BrN2O4/c1-12-7-8-14(10-17(12)22(24)25)18-21-16(19(23)26-18)11-15(20)9-13-5-3-2-4-6-13/h2-11H,1H3/b15-9-,16-11-. The molecule has 0 amide bonds. The molecule has 130 valence electrons. The Morgan fingerprint density at radius 1 is 1.23 bits per heavy atom. The predicted octanol–water partition coefficient (Wildman–Crippen LogP) is 4.53. The van der Waals surface area contributed by atoms with Gasteiger partial charge in [-0.3, -0.25) is 10.1 Å². The van der Waals surface area contributed by atoms with E-state index in [9.17, 15) is 14.9 Å². The van der Waals surface area contributed by atoms with Crippen LogP contribution in [0.2, 0.25) is 0 Å². The molecule has 1 aliphatic rings. The molecule has 3 rings (SSSR count). The average molecular weight is 413 g/mol. The Kier molecular flexibility index (Phi) is 5.09. The van der Waals surface area contributed by atoms with Crippen LogP contribution in [0.3, 0.4) is 0 Å². The summed E-state index contributed by atoms with van der Waals surface area (Å²) in [7, 11) is 0. The summed E-state index contributed by atoms with van der Waals surface area (Å²) in [6, 6.07) is 14.1. The van der Waals surface area contributed by atoms with Crippen molar-refractivity contribution >= 4 is 39.6 Å². The van der Waals surface area contributed by atoms with Crippen LogP contribution in [-0.2, 0) is 9.53 Å². The van der Waals surface area contributed by atoms with Gasteiger partial charge in [-0.2, -0.15) is 0 Å². The summed E-state index contributed by atoms with van der Waals surface area (Å²) in [6.07, 6.45) is 3.38. The quantitative estimate of drug-likeness (QED) is 0.319. The molecular weight excluding hydrogens is 400 g/mol. The number of ether oxygens (including phenoxy) is 1. The second kappa shape index (κ2) is 7.45. The second-order valence-corrected chi connectivity index (χ2v) is 6.45. The van der Waals surface area contributed by atoms with Crippen LogP contribution in [0.4, 0.5) is 5.69 Å². The summed E-state index contributed by atoms with van der Waals surface area (Å²) in [6.45, 7) is 1.64. The predicted molar refractivity (Wildman–Crippen MR) is 102 cm³/mol. The molecule has 6 nitrogen and oxygen atoms in total. The molecule has 0 fully saturated rings. The van der Waals surface area contributed by atoms with E-state index in [1.54, 1.807) is 25.1 Å². The van der Waals surface area contributed by atoms with Crippen LogP contribution in [0.15, 0.2) is 69.8 Å². The first-order valence-corrected chi connectivity index (χ1v) is 8.43. The molecule has 0 saturated heterocycles. The number of carbonyl (C=O) groups excluding carboxylic acids is 1. The van der Waals surface area contributed by atoms with Crippen molar-refractivity contribution in [2.45, 2.75) is 6.92 Å². The first-order chi connectivity index (χ1) is 12.4. The number of esters is 1. The van der Waals surface area contributed by atoms with E-state index >= 15 is 0 Å². The monoisotopic (exact) mass is 412 g/mol. The van der Waals surface area contributed by atoms with Gasteiger partial charge in [0.2, 0.25) is 5.90 Å². The number of nitro groups is 1. The van der Waals surface area contributed by atoms with E-state index in [2.05, 4.69) is 20.9 Å². The summed E-state index contributed by atoms with van der Waals surface area (Å²) >= 11 is 3.39. The summed E-state index contributed by atoms with van der Waals surface area (Å²) in [5.41, 5.74) is 1.92. The molecule has 0 aliphatic carbocycles. The van der Waals surface area contributed by atoms with Crippen LogP contribution in [-0.4, -0.2) is 16.8 Å². The number of hydrogen-bond donors (Lipinski definition) is 0. The number of hydrogen-bond acceptors (Lipinski definition) is 5. The van der Waals surface area contributed by atoms with Gasteiger partial charge in [-0.15, -0.1) is 0 Å². The van der Waals surface area contributed by atoms with E-state index in [0.29, 0.717) is 15.6 Å². The van der Waals surface area contributed by atoms with E-state index in [-0.39, 0.29) is 17.3 Å². The van der Waals surface area contributed by atoms with Crippen molar-refractivity contribution < 1.29 is 14.5 Å². The highest BCUT2D eigenvalue weighted by atomic mass is 79.9. The molecule has 0 aromatic heterocycles. The minimum absolute atomic E-state index is 0.0457. The van der Waals surface area contributed by atoms with Crippen LogP contribution >= 0.6 is 15.9 Å². The normalized spacial score (nSPS) is 15.8. The van der Waals surface area contributed by atoms with E-state index in [0.717, 1.165) is 5.56 Å². The van der Waals surface area contributed by atoms with Crippen molar-refractivity contribution in [2.75, 3.05) is 0 Å². The minimum atomic E-state index is -0.610.